The molecule has 0 fully saturated rings. The van der Waals surface area contributed by atoms with E-state index < -0.39 is 0 Å². The number of nitrogens with one attached hydrogen (secondary N) is 1. The van der Waals surface area contributed by atoms with E-state index in [9.17, 15) is 0 Å². The summed E-state index contributed by atoms with van der Waals surface area (Å²) in [5.41, 5.74) is 4.73. The van der Waals surface area contributed by atoms with Gasteiger partial charge in [-0.1, -0.05) is 5.21 Å². The van der Waals surface area contributed by atoms with Gasteiger partial charge in [-0.05, 0) is 36.6 Å². The van der Waals surface area contributed by atoms with Crippen LogP contribution >= 0.6 is 0 Å². The number of aromatic amines is 1. The van der Waals surface area contributed by atoms with Crippen molar-refractivity contribution in [1.29, 1.82) is 0 Å². The number of H-pyrrole nitrogens is 1. The van der Waals surface area contributed by atoms with Crippen LogP contribution in [0.25, 0.3) is 16.8 Å². The Kier molecular flexibility index (Phi) is 3.85. The molecule has 3 heterocycles. The molecular formula is C17H16N6O2. The standard InChI is InChI=1S/C17H16N6O2/c1-10-18-7-14(16-8-20-23-22-16)17(21-10)25-9-11-5-13(11)15-4-3-12(24-2)6-19-15/h3-4,6-8H,5,9H2,1-2H3,(H,20,22,23). The predicted molar refractivity (Wildman–Crippen MR) is 90.0 cm³/mol. The van der Waals surface area contributed by atoms with Crippen LogP contribution in [0, 0.1) is 6.92 Å². The van der Waals surface area contributed by atoms with E-state index >= 15 is 0 Å². The molecule has 0 amide bonds. The Morgan fingerprint density at radius 2 is 2.08 bits per heavy atom. The maximum atomic E-state index is 5.92. The van der Waals surface area contributed by atoms with Crippen LogP contribution in [0.15, 0.2) is 36.3 Å². The van der Waals surface area contributed by atoms with Crippen LogP contribution in [-0.4, -0.2) is 44.1 Å². The van der Waals surface area contributed by atoms with Gasteiger partial charge in [0.1, 0.15) is 23.9 Å². The Labute approximate surface area is 144 Å². The lowest BCUT2D eigenvalue weighted by Gasteiger charge is -2.07. The topological polar surface area (TPSA) is 98.7 Å². The van der Waals surface area contributed by atoms with Gasteiger partial charge in [-0.2, -0.15) is 4.98 Å². The molecule has 0 saturated heterocycles. The van der Waals surface area contributed by atoms with Gasteiger partial charge in [0.15, 0.2) is 0 Å². The highest BCUT2D eigenvalue weighted by Gasteiger charge is 2.25. The first-order chi connectivity index (χ1) is 12.2. The molecule has 0 aliphatic heterocycles. The third-order valence-electron chi connectivity index (χ3n) is 3.92. The number of hydrogen-bond donors (Lipinski definition) is 1. The van der Waals surface area contributed by atoms with Gasteiger partial charge < -0.3 is 9.47 Å². The molecule has 1 aliphatic rings. The molecule has 0 saturated carbocycles. The summed E-state index contributed by atoms with van der Waals surface area (Å²) in [7, 11) is 1.63. The Bertz CT molecular complexity index is 919. The van der Waals surface area contributed by atoms with Crippen molar-refractivity contribution in [1.82, 2.24) is 30.4 Å². The van der Waals surface area contributed by atoms with E-state index in [4.69, 9.17) is 9.47 Å². The molecule has 0 unspecified atom stereocenters. The van der Waals surface area contributed by atoms with Crippen molar-refractivity contribution in [2.45, 2.75) is 13.3 Å². The van der Waals surface area contributed by atoms with Gasteiger partial charge >= 0.3 is 0 Å². The fraction of sp³-hybridized carbons (Fsp3) is 0.235. The van der Waals surface area contributed by atoms with Crippen molar-refractivity contribution >= 4 is 5.57 Å². The summed E-state index contributed by atoms with van der Waals surface area (Å²) in [6.45, 7) is 2.28. The van der Waals surface area contributed by atoms with Gasteiger partial charge in [-0.3, -0.25) is 10.1 Å². The Hall–Kier alpha value is -3.29. The molecule has 0 spiro atoms. The molecule has 1 aliphatic carbocycles. The van der Waals surface area contributed by atoms with E-state index in [1.807, 2.05) is 19.1 Å². The van der Waals surface area contributed by atoms with E-state index in [2.05, 4.69) is 30.4 Å². The Morgan fingerprint density at radius 1 is 1.16 bits per heavy atom. The van der Waals surface area contributed by atoms with Gasteiger partial charge in [0, 0.05) is 6.20 Å². The average Bonchev–Trinajstić information content (AvgIpc) is 3.21. The maximum Gasteiger partial charge on any atom is 0.226 e. The molecule has 126 valence electrons. The van der Waals surface area contributed by atoms with Gasteiger partial charge in [0.25, 0.3) is 0 Å². The van der Waals surface area contributed by atoms with Crippen LogP contribution in [0.3, 0.4) is 0 Å². The highest BCUT2D eigenvalue weighted by molar-refractivity contribution is 5.81. The molecule has 0 radical (unpaired) electrons. The van der Waals surface area contributed by atoms with Crippen LogP contribution in [0.1, 0.15) is 17.9 Å². The van der Waals surface area contributed by atoms with Crippen molar-refractivity contribution in [2.24, 2.45) is 0 Å². The molecule has 25 heavy (non-hydrogen) atoms. The second-order valence-electron chi connectivity index (χ2n) is 5.63. The Balaban J connectivity index is 1.50. The SMILES string of the molecule is COc1ccc(C2=C(COc3nc(C)ncc3-c3c[nH]nn3)C2)nc1. The van der Waals surface area contributed by atoms with Gasteiger partial charge in [-0.25, -0.2) is 4.98 Å². The molecule has 1 N–H and O–H groups in total. The number of pyridine rings is 1. The maximum absolute atomic E-state index is 5.92. The third-order valence-corrected chi connectivity index (χ3v) is 3.92. The molecule has 3 aromatic rings. The number of allylic oxidation sites excluding steroid dienone is 1. The van der Waals surface area contributed by atoms with Crippen molar-refractivity contribution < 1.29 is 9.47 Å². The zero-order chi connectivity index (χ0) is 17.2. The zero-order valence-corrected chi connectivity index (χ0v) is 13.9. The largest absolute Gasteiger partial charge is 0.495 e. The summed E-state index contributed by atoms with van der Waals surface area (Å²) in [4.78, 5) is 13.0. The second kappa shape index (κ2) is 6.31. The lowest BCUT2D eigenvalue weighted by atomic mass is 10.2. The second-order valence-corrected chi connectivity index (χ2v) is 5.63. The first-order valence-corrected chi connectivity index (χ1v) is 7.79. The summed E-state index contributed by atoms with van der Waals surface area (Å²) in [5.74, 6) is 1.89. The monoisotopic (exact) mass is 336 g/mol. The van der Waals surface area contributed by atoms with E-state index in [-0.39, 0.29) is 0 Å². The fourth-order valence-electron chi connectivity index (χ4n) is 2.48. The van der Waals surface area contributed by atoms with Crippen molar-refractivity contribution in [3.8, 4) is 22.9 Å². The summed E-state index contributed by atoms with van der Waals surface area (Å²) in [6, 6.07) is 3.86. The van der Waals surface area contributed by atoms with Gasteiger partial charge in [0.2, 0.25) is 5.88 Å². The number of hydrogen-bond acceptors (Lipinski definition) is 7. The Morgan fingerprint density at radius 3 is 2.80 bits per heavy atom. The average molecular weight is 336 g/mol. The van der Waals surface area contributed by atoms with Crippen molar-refractivity contribution in [2.75, 3.05) is 13.7 Å². The molecule has 8 nitrogen and oxygen atoms in total. The van der Waals surface area contributed by atoms with Gasteiger partial charge in [-0.15, -0.1) is 5.10 Å². The lowest BCUT2D eigenvalue weighted by Crippen LogP contribution is -2.02. The minimum Gasteiger partial charge on any atom is -0.495 e. The minimum atomic E-state index is 0.463. The van der Waals surface area contributed by atoms with E-state index in [0.29, 0.717) is 29.6 Å². The molecule has 0 bridgehead atoms. The lowest BCUT2D eigenvalue weighted by molar-refractivity contribution is 0.342. The fourth-order valence-corrected chi connectivity index (χ4v) is 2.48. The highest BCUT2D eigenvalue weighted by Crippen LogP contribution is 2.39. The minimum absolute atomic E-state index is 0.463. The first kappa shape index (κ1) is 15.3. The van der Waals surface area contributed by atoms with Crippen LogP contribution in [0.2, 0.25) is 0 Å². The smallest absolute Gasteiger partial charge is 0.226 e. The summed E-state index contributed by atoms with van der Waals surface area (Å²) in [6.07, 6.45) is 5.99. The number of aromatic nitrogens is 6. The summed E-state index contributed by atoms with van der Waals surface area (Å²) in [5, 5.41) is 10.4. The molecule has 8 heteroatoms. The van der Waals surface area contributed by atoms with Crippen LogP contribution in [0.4, 0.5) is 0 Å². The molecule has 3 aromatic heterocycles. The van der Waals surface area contributed by atoms with E-state index in [1.165, 1.54) is 11.1 Å². The van der Waals surface area contributed by atoms with E-state index in [0.717, 1.165) is 17.9 Å². The molecular weight excluding hydrogens is 320 g/mol. The third kappa shape index (κ3) is 3.18. The number of methoxy groups -OCH3 is 1. The highest BCUT2D eigenvalue weighted by atomic mass is 16.5. The number of aryl methyl sites for hydroxylation is 1. The molecule has 4 rings (SSSR count). The van der Waals surface area contributed by atoms with Crippen LogP contribution in [0.5, 0.6) is 11.6 Å². The number of nitrogens with zero attached hydrogens (tertiary/aromatic N) is 5. The van der Waals surface area contributed by atoms with Crippen molar-refractivity contribution in [3.63, 3.8) is 0 Å². The van der Waals surface area contributed by atoms with Crippen LogP contribution < -0.4 is 9.47 Å². The summed E-state index contributed by atoms with van der Waals surface area (Å²) >= 11 is 0. The van der Waals surface area contributed by atoms with Crippen LogP contribution in [-0.2, 0) is 0 Å². The number of rotatable bonds is 6. The number of ether oxygens (including phenoxy) is 2. The first-order valence-electron chi connectivity index (χ1n) is 7.79. The zero-order valence-electron chi connectivity index (χ0n) is 13.9. The molecule has 0 aromatic carbocycles. The predicted octanol–water partition coefficient (Wildman–Crippen LogP) is 2.21. The van der Waals surface area contributed by atoms with Crippen molar-refractivity contribution in [3.05, 3.63) is 47.8 Å². The quantitative estimate of drug-likeness (QED) is 0.736. The normalized spacial score (nSPS) is 13.0. The molecule has 0 atom stereocenters. The summed E-state index contributed by atoms with van der Waals surface area (Å²) < 4.78 is 11.0. The van der Waals surface area contributed by atoms with E-state index in [1.54, 1.807) is 25.7 Å². The van der Waals surface area contributed by atoms with Gasteiger partial charge in [0.05, 0.1) is 30.8 Å².